The number of fused-ring (bicyclic) bond motifs is 1. The van der Waals surface area contributed by atoms with Crippen LogP contribution >= 0.6 is 11.6 Å². The molecule has 2 saturated carbocycles. The average Bonchev–Trinajstić information content (AvgIpc) is 3.77. The van der Waals surface area contributed by atoms with Gasteiger partial charge in [0.25, 0.3) is 17.4 Å². The van der Waals surface area contributed by atoms with Gasteiger partial charge in [-0.2, -0.15) is 13.2 Å². The van der Waals surface area contributed by atoms with Crippen LogP contribution in [0.3, 0.4) is 0 Å². The number of aromatic nitrogens is 1. The molecule has 38 heavy (non-hydrogen) atoms. The van der Waals surface area contributed by atoms with Crippen LogP contribution in [0.2, 0.25) is 5.02 Å². The summed E-state index contributed by atoms with van der Waals surface area (Å²) in [7, 11) is -4.13. The largest absolute Gasteiger partial charge is 0.395 e. The molecule has 1 aromatic heterocycles. The number of amides is 2. The summed E-state index contributed by atoms with van der Waals surface area (Å²) in [4.78, 5) is 40.1. The van der Waals surface area contributed by atoms with Crippen molar-refractivity contribution in [2.24, 2.45) is 5.41 Å². The van der Waals surface area contributed by atoms with Gasteiger partial charge < -0.3 is 14.8 Å². The van der Waals surface area contributed by atoms with E-state index in [0.29, 0.717) is 5.02 Å². The first-order valence-electron chi connectivity index (χ1n) is 12.1. The maximum Gasteiger partial charge on any atom is 0.395 e. The summed E-state index contributed by atoms with van der Waals surface area (Å²) in [6.07, 6.45) is -4.63. The molecule has 8 nitrogen and oxygen atoms in total. The quantitative estimate of drug-likeness (QED) is 0.524. The van der Waals surface area contributed by atoms with Crippen molar-refractivity contribution in [3.05, 3.63) is 68.6 Å². The maximum absolute atomic E-state index is 13.4. The molecular formula is C25H25ClF3N3O5S. The van der Waals surface area contributed by atoms with Crippen LogP contribution in [0.1, 0.15) is 52.1 Å². The molecule has 2 aromatic rings. The van der Waals surface area contributed by atoms with Crippen LogP contribution in [-0.2, 0) is 22.9 Å². The highest BCUT2D eigenvalue weighted by molar-refractivity contribution is 7.93. The van der Waals surface area contributed by atoms with E-state index in [0.717, 1.165) is 5.56 Å². The van der Waals surface area contributed by atoms with Gasteiger partial charge in [0.05, 0.1) is 15.9 Å². The van der Waals surface area contributed by atoms with Crippen molar-refractivity contribution in [1.29, 1.82) is 0 Å². The zero-order valence-electron chi connectivity index (χ0n) is 20.2. The summed E-state index contributed by atoms with van der Waals surface area (Å²) in [5, 5.41) is 3.20. The first-order chi connectivity index (χ1) is 17.8. The van der Waals surface area contributed by atoms with Crippen molar-refractivity contribution in [1.82, 2.24) is 14.8 Å². The Morgan fingerprint density at radius 1 is 1.00 bits per heavy atom. The van der Waals surface area contributed by atoms with E-state index in [9.17, 15) is 36.0 Å². The summed E-state index contributed by atoms with van der Waals surface area (Å²) < 4.78 is 66.1. The third-order valence-electron chi connectivity index (χ3n) is 7.75. The van der Waals surface area contributed by atoms with Crippen molar-refractivity contribution in [2.45, 2.75) is 49.7 Å². The van der Waals surface area contributed by atoms with E-state index in [1.165, 1.54) is 21.6 Å². The third-order valence-corrected chi connectivity index (χ3v) is 10.8. The molecule has 1 N–H and O–H groups in total. The van der Waals surface area contributed by atoms with E-state index >= 15 is 0 Å². The number of benzene rings is 1. The molecule has 0 unspecified atom stereocenters. The number of nitrogens with one attached hydrogen (secondary N) is 1. The molecule has 0 radical (unpaired) electrons. The second-order valence-electron chi connectivity index (χ2n) is 10.3. The fraction of sp³-hybridized carbons (Fsp3) is 0.480. The maximum atomic E-state index is 13.4. The molecule has 204 valence electrons. The van der Waals surface area contributed by atoms with E-state index in [4.69, 9.17) is 11.6 Å². The minimum atomic E-state index is -4.59. The number of carbonyl (C=O) groups excluding carboxylic acids is 2. The Bertz CT molecular complexity index is 1460. The lowest BCUT2D eigenvalue weighted by Gasteiger charge is -2.33. The van der Waals surface area contributed by atoms with Gasteiger partial charge in [-0.3, -0.25) is 14.4 Å². The molecule has 1 aliphatic heterocycles. The minimum Gasteiger partial charge on any atom is -0.348 e. The van der Waals surface area contributed by atoms with E-state index < -0.39 is 49.3 Å². The second kappa shape index (κ2) is 9.11. The molecular weight excluding hydrogens is 547 g/mol. The zero-order valence-corrected chi connectivity index (χ0v) is 21.8. The lowest BCUT2D eigenvalue weighted by Crippen LogP contribution is -2.50. The number of sulfone groups is 1. The molecule has 2 aliphatic carbocycles. The molecule has 2 amide bonds. The molecule has 2 fully saturated rings. The van der Waals surface area contributed by atoms with Gasteiger partial charge >= 0.3 is 6.18 Å². The molecule has 3 aliphatic rings. The summed E-state index contributed by atoms with van der Waals surface area (Å²) in [6, 6.07) is 9.39. The van der Waals surface area contributed by atoms with Gasteiger partial charge in [0.2, 0.25) is 0 Å². The predicted molar refractivity (Wildman–Crippen MR) is 133 cm³/mol. The zero-order chi connectivity index (χ0) is 27.5. The molecule has 0 bridgehead atoms. The topological polar surface area (TPSA) is 106 Å². The van der Waals surface area contributed by atoms with Crippen molar-refractivity contribution >= 4 is 33.3 Å². The first-order valence-corrected chi connectivity index (χ1v) is 14.2. The van der Waals surface area contributed by atoms with Crippen molar-refractivity contribution in [2.75, 3.05) is 18.8 Å². The highest BCUT2D eigenvalue weighted by atomic mass is 35.5. The molecule has 5 rings (SSSR count). The summed E-state index contributed by atoms with van der Waals surface area (Å²) in [5.74, 6) is -2.17. The Morgan fingerprint density at radius 2 is 1.66 bits per heavy atom. The number of hydrogen-bond donors (Lipinski definition) is 1. The van der Waals surface area contributed by atoms with Gasteiger partial charge in [-0.15, -0.1) is 0 Å². The van der Waals surface area contributed by atoms with E-state index in [1.54, 1.807) is 24.3 Å². The lowest BCUT2D eigenvalue weighted by molar-refractivity contribution is -0.180. The van der Waals surface area contributed by atoms with Gasteiger partial charge in [0, 0.05) is 31.2 Å². The second-order valence-corrected chi connectivity index (χ2v) is 13.2. The van der Waals surface area contributed by atoms with Crippen LogP contribution in [0.5, 0.6) is 0 Å². The monoisotopic (exact) mass is 571 g/mol. The molecule has 0 atom stereocenters. The van der Waals surface area contributed by atoms with Crippen LogP contribution in [0, 0.1) is 5.41 Å². The number of alkyl halides is 3. The van der Waals surface area contributed by atoms with Crippen LogP contribution in [0.25, 0.3) is 0 Å². The van der Waals surface area contributed by atoms with E-state index in [1.807, 2.05) is 0 Å². The van der Waals surface area contributed by atoms with Gasteiger partial charge in [-0.1, -0.05) is 23.7 Å². The van der Waals surface area contributed by atoms with Crippen LogP contribution in [0.4, 0.5) is 13.2 Å². The Morgan fingerprint density at radius 3 is 2.24 bits per heavy atom. The van der Waals surface area contributed by atoms with Gasteiger partial charge in [-0.25, -0.2) is 8.42 Å². The highest BCUT2D eigenvalue weighted by Gasteiger charge is 2.68. The smallest absolute Gasteiger partial charge is 0.348 e. The molecule has 2 heterocycles. The number of pyridine rings is 1. The standard InChI is InChI=1S/C25H25ClF3N3O5S/c26-17-3-1-16(2-4-17)13-30-20(33)18-5-6-19-22(35)31(11-12-32(19)21(18)34)14-24(9-10-24)38(36,37)15-23(7-8-23)25(27,28)29/h1-6H,7-15H2,(H,30,33). The fourth-order valence-electron chi connectivity index (χ4n) is 4.91. The number of carbonyl (C=O) groups is 2. The fourth-order valence-corrected chi connectivity index (χ4v) is 7.60. The van der Waals surface area contributed by atoms with Crippen molar-refractivity contribution in [3.8, 4) is 0 Å². The van der Waals surface area contributed by atoms with Crippen molar-refractivity contribution < 1.29 is 31.2 Å². The summed E-state index contributed by atoms with van der Waals surface area (Å²) in [5.41, 5.74) is -2.21. The van der Waals surface area contributed by atoms with Crippen LogP contribution in [-0.4, -0.2) is 59.5 Å². The Hall–Kier alpha value is -2.86. The van der Waals surface area contributed by atoms with Gasteiger partial charge in [0.1, 0.15) is 11.3 Å². The van der Waals surface area contributed by atoms with Crippen molar-refractivity contribution in [3.63, 3.8) is 0 Å². The minimum absolute atomic E-state index is 0.00217. The SMILES string of the molecule is O=C(NCc1ccc(Cl)cc1)c1ccc2n(c1=O)CCN(CC1(S(=O)(=O)CC3(C(F)(F)F)CC3)CC1)C2=O. The predicted octanol–water partition coefficient (Wildman–Crippen LogP) is 3.18. The van der Waals surface area contributed by atoms with Gasteiger partial charge in [-0.05, 0) is 55.5 Å². The Labute approximate surface area is 221 Å². The first kappa shape index (κ1) is 26.7. The number of hydrogen-bond acceptors (Lipinski definition) is 5. The molecule has 13 heteroatoms. The Kier molecular flexibility index (Phi) is 6.41. The molecule has 1 aromatic carbocycles. The summed E-state index contributed by atoms with van der Waals surface area (Å²) >= 11 is 5.85. The van der Waals surface area contributed by atoms with Crippen LogP contribution in [0.15, 0.2) is 41.2 Å². The number of nitrogens with zero attached hydrogens (tertiary/aromatic N) is 2. The summed E-state index contributed by atoms with van der Waals surface area (Å²) in [6.45, 7) is -0.0280. The van der Waals surface area contributed by atoms with Gasteiger partial charge in [0.15, 0.2) is 9.84 Å². The highest BCUT2D eigenvalue weighted by Crippen LogP contribution is 2.60. The third kappa shape index (κ3) is 4.72. The molecule has 0 spiro atoms. The van der Waals surface area contributed by atoms with E-state index in [-0.39, 0.29) is 63.1 Å². The Balaban J connectivity index is 1.28. The van der Waals surface area contributed by atoms with E-state index in [2.05, 4.69) is 5.32 Å². The lowest BCUT2D eigenvalue weighted by atomic mass is 10.1. The number of halogens is 4. The van der Waals surface area contributed by atoms with Crippen LogP contribution < -0.4 is 10.9 Å². The normalized spacial score (nSPS) is 19.6. The average molecular weight is 572 g/mol. The molecule has 0 saturated heterocycles. The number of rotatable bonds is 8.